The van der Waals surface area contributed by atoms with Crippen molar-refractivity contribution >= 4 is 23.5 Å². The van der Waals surface area contributed by atoms with E-state index < -0.39 is 6.16 Å². The molecule has 0 aromatic carbocycles. The van der Waals surface area contributed by atoms with Gasteiger partial charge in [-0.05, 0) is 12.8 Å². The molecule has 36 heavy (non-hydrogen) atoms. The van der Waals surface area contributed by atoms with Crippen molar-refractivity contribution in [2.75, 3.05) is 33.4 Å². The summed E-state index contributed by atoms with van der Waals surface area (Å²) >= 11 is 1.19. The number of ether oxygens (including phenoxy) is 3. The smallest absolute Gasteiger partial charge is 0.475 e. The highest BCUT2D eigenvalue weighted by molar-refractivity contribution is 6.99. The van der Waals surface area contributed by atoms with Crippen LogP contribution in [0.5, 0.6) is 5.88 Å². The van der Waals surface area contributed by atoms with E-state index in [0.717, 1.165) is 43.5 Å². The van der Waals surface area contributed by atoms with Crippen molar-refractivity contribution in [3.8, 4) is 5.88 Å². The fourth-order valence-corrected chi connectivity index (χ4v) is 5.54. The lowest BCUT2D eigenvalue weighted by atomic mass is 9.90. The maximum absolute atomic E-state index is 12.7. The predicted molar refractivity (Wildman–Crippen MR) is 147 cm³/mol. The predicted octanol–water partition coefficient (Wildman–Crippen LogP) is 7.62. The largest absolute Gasteiger partial charge is 0.512 e. The Hall–Kier alpha value is -1.67. The normalized spacial score (nSPS) is 19.0. The van der Waals surface area contributed by atoms with Gasteiger partial charge >= 0.3 is 6.16 Å². The number of unbranched alkanes of at least 4 members (excludes halogenated alkanes) is 8. The van der Waals surface area contributed by atoms with Gasteiger partial charge in [-0.3, -0.25) is 4.48 Å². The van der Waals surface area contributed by atoms with Gasteiger partial charge in [-0.1, -0.05) is 92.1 Å². The molecule has 206 valence electrons. The molecule has 2 heterocycles. The Morgan fingerprint density at radius 3 is 2.33 bits per heavy atom. The second-order valence-corrected chi connectivity index (χ2v) is 11.9. The van der Waals surface area contributed by atoms with Gasteiger partial charge in [-0.25, -0.2) is 4.79 Å². The number of carbonyl (C=O) groups excluding carboxylic acids is 1. The molecule has 0 fully saturated rings. The van der Waals surface area contributed by atoms with Crippen LogP contribution in [-0.4, -0.2) is 59.0 Å². The summed E-state index contributed by atoms with van der Waals surface area (Å²) in [7, 11) is 2.16. The van der Waals surface area contributed by atoms with E-state index >= 15 is 0 Å². The molecule has 1 aliphatic rings. The summed E-state index contributed by atoms with van der Waals surface area (Å²) in [6.45, 7) is 13.4. The lowest BCUT2D eigenvalue weighted by Crippen LogP contribution is -2.61. The Labute approximate surface area is 223 Å². The minimum absolute atomic E-state index is 0.255. The molecule has 2 atom stereocenters. The molecule has 1 aromatic heterocycles. The van der Waals surface area contributed by atoms with E-state index in [1.165, 1.54) is 56.7 Å². The molecule has 0 saturated heterocycles. The Morgan fingerprint density at radius 1 is 1.00 bits per heavy atom. The first kappa shape index (κ1) is 30.6. The lowest BCUT2D eigenvalue weighted by molar-refractivity contribution is -0.954. The first-order valence-electron chi connectivity index (χ1n) is 14.0. The highest BCUT2D eigenvalue weighted by atomic mass is 32.1. The standard InChI is InChI=1S/C28H50N3O4S/c1-7-9-11-13-14-16-21-34-27(32)35-26(28(3,4)5)31(6)19-17-18-23(22-31)24-25(30-36-29-24)33-20-15-12-10-8-2/h18,26H,7-17,19-22H2,1-6H3/q+1. The minimum atomic E-state index is -0.564. The summed E-state index contributed by atoms with van der Waals surface area (Å²) < 4.78 is 27.1. The zero-order valence-corrected chi connectivity index (χ0v) is 24.5. The highest BCUT2D eigenvalue weighted by Gasteiger charge is 2.46. The molecule has 0 amide bonds. The molecular formula is C28H50N3O4S+. The van der Waals surface area contributed by atoms with E-state index in [1.54, 1.807) is 0 Å². The number of aromatic nitrogens is 2. The van der Waals surface area contributed by atoms with Crippen LogP contribution >= 0.6 is 11.7 Å². The molecule has 8 heteroatoms. The number of likely N-dealkylation sites (N-methyl/N-ethyl adjacent to an activating group) is 1. The highest BCUT2D eigenvalue weighted by Crippen LogP contribution is 2.37. The SMILES string of the molecule is CCCCCCCCOC(=O)OC(C(C)(C)C)[N+]1(C)CCC=C(c2nsnc2OCCCCCC)C1. The number of nitrogens with zero attached hydrogens (tertiary/aromatic N) is 3. The maximum Gasteiger partial charge on any atom is 0.512 e. The third kappa shape index (κ3) is 10.0. The van der Waals surface area contributed by atoms with Gasteiger partial charge in [0.25, 0.3) is 5.88 Å². The third-order valence-electron chi connectivity index (χ3n) is 6.79. The Kier molecular flexibility index (Phi) is 13.2. The summed E-state index contributed by atoms with van der Waals surface area (Å²) in [4.78, 5) is 12.7. The quantitative estimate of drug-likeness (QED) is 0.126. The van der Waals surface area contributed by atoms with E-state index in [1.807, 2.05) is 0 Å². The van der Waals surface area contributed by atoms with Gasteiger partial charge in [-0.15, -0.1) is 4.37 Å². The maximum atomic E-state index is 12.7. The van der Waals surface area contributed by atoms with Crippen molar-refractivity contribution < 1.29 is 23.5 Å². The van der Waals surface area contributed by atoms with Crippen molar-refractivity contribution in [3.05, 3.63) is 11.8 Å². The Bertz CT molecular complexity index is 805. The van der Waals surface area contributed by atoms with Crippen LogP contribution in [0, 0.1) is 5.41 Å². The van der Waals surface area contributed by atoms with Crippen molar-refractivity contribution in [3.63, 3.8) is 0 Å². The summed E-state index contributed by atoms with van der Waals surface area (Å²) in [6.07, 6.45) is 13.7. The van der Waals surface area contributed by atoms with Gasteiger partial charge in [0, 0.05) is 12.0 Å². The van der Waals surface area contributed by atoms with E-state index in [-0.39, 0.29) is 11.6 Å². The average molecular weight is 525 g/mol. The summed E-state index contributed by atoms with van der Waals surface area (Å²) in [5, 5.41) is 0. The molecule has 0 bridgehead atoms. The molecular weight excluding hydrogens is 474 g/mol. The first-order chi connectivity index (χ1) is 17.2. The number of rotatable bonds is 16. The van der Waals surface area contributed by atoms with Crippen LogP contribution in [0.1, 0.15) is 111 Å². The monoisotopic (exact) mass is 524 g/mol. The average Bonchev–Trinajstić information content (AvgIpc) is 3.30. The van der Waals surface area contributed by atoms with E-state index in [2.05, 4.69) is 56.5 Å². The van der Waals surface area contributed by atoms with Gasteiger partial charge in [0.15, 0.2) is 0 Å². The minimum Gasteiger partial charge on any atom is -0.475 e. The Balaban J connectivity index is 1.97. The summed E-state index contributed by atoms with van der Waals surface area (Å²) in [5.41, 5.74) is 1.69. The van der Waals surface area contributed by atoms with E-state index in [4.69, 9.17) is 14.2 Å². The van der Waals surface area contributed by atoms with Gasteiger partial charge < -0.3 is 14.2 Å². The van der Waals surface area contributed by atoms with E-state index in [9.17, 15) is 4.79 Å². The second-order valence-electron chi connectivity index (χ2n) is 11.4. The fraction of sp³-hybridized carbons (Fsp3) is 0.821. The molecule has 0 spiro atoms. The number of carbonyl (C=O) groups is 1. The topological polar surface area (TPSA) is 70.5 Å². The van der Waals surface area contributed by atoms with E-state index in [0.29, 0.717) is 30.1 Å². The van der Waals surface area contributed by atoms with Gasteiger partial charge in [0.1, 0.15) is 12.2 Å². The van der Waals surface area contributed by atoms with Crippen LogP contribution < -0.4 is 4.74 Å². The van der Waals surface area contributed by atoms with Gasteiger partial charge in [0.05, 0.1) is 43.9 Å². The molecule has 0 radical (unpaired) electrons. The Morgan fingerprint density at radius 2 is 1.64 bits per heavy atom. The van der Waals surface area contributed by atoms with Crippen molar-refractivity contribution in [1.29, 1.82) is 0 Å². The molecule has 0 saturated carbocycles. The van der Waals surface area contributed by atoms with Crippen LogP contribution in [0.3, 0.4) is 0 Å². The third-order valence-corrected chi connectivity index (χ3v) is 7.31. The fourth-order valence-electron chi connectivity index (χ4n) is 5.01. The van der Waals surface area contributed by atoms with Crippen molar-refractivity contribution in [2.45, 2.75) is 111 Å². The number of hydrogen-bond donors (Lipinski definition) is 0. The van der Waals surface area contributed by atoms with Crippen LogP contribution in [0.25, 0.3) is 5.57 Å². The van der Waals surface area contributed by atoms with Crippen LogP contribution in [0.4, 0.5) is 4.79 Å². The summed E-state index contributed by atoms with van der Waals surface area (Å²) in [6, 6.07) is 0. The lowest BCUT2D eigenvalue weighted by Gasteiger charge is -2.47. The van der Waals surface area contributed by atoms with Crippen molar-refractivity contribution in [2.24, 2.45) is 5.41 Å². The zero-order valence-electron chi connectivity index (χ0n) is 23.6. The molecule has 1 aliphatic heterocycles. The second kappa shape index (κ2) is 15.6. The zero-order chi connectivity index (χ0) is 26.4. The van der Waals surface area contributed by atoms with Crippen molar-refractivity contribution in [1.82, 2.24) is 8.75 Å². The molecule has 7 nitrogen and oxygen atoms in total. The van der Waals surface area contributed by atoms with Crippen LogP contribution in [0.2, 0.25) is 0 Å². The molecule has 2 unspecified atom stereocenters. The van der Waals surface area contributed by atoms with Crippen LogP contribution in [-0.2, 0) is 9.47 Å². The number of hydrogen-bond acceptors (Lipinski definition) is 7. The first-order valence-corrected chi connectivity index (χ1v) is 14.8. The molecule has 0 aliphatic carbocycles. The molecule has 1 aromatic rings. The van der Waals surface area contributed by atoms with Gasteiger partial charge in [0.2, 0.25) is 6.23 Å². The molecule has 2 rings (SSSR count). The summed E-state index contributed by atoms with van der Waals surface area (Å²) in [5.74, 6) is 0.628. The van der Waals surface area contributed by atoms with Gasteiger partial charge in [-0.2, -0.15) is 4.37 Å². The number of quaternary nitrogens is 1. The molecule has 0 N–H and O–H groups in total. The van der Waals surface area contributed by atoms with Crippen LogP contribution in [0.15, 0.2) is 6.08 Å².